The molecule has 0 saturated carbocycles. The lowest BCUT2D eigenvalue weighted by Gasteiger charge is -2.13. The number of rotatable bonds is 7. The summed E-state index contributed by atoms with van der Waals surface area (Å²) < 4.78 is 7.06. The Balaban J connectivity index is 1.58. The van der Waals surface area contributed by atoms with Crippen LogP contribution in [0.2, 0.25) is 0 Å². The molecule has 0 aliphatic carbocycles. The molecule has 6 nitrogen and oxygen atoms in total. The molecule has 0 N–H and O–H groups in total. The number of aromatic nitrogens is 4. The van der Waals surface area contributed by atoms with Gasteiger partial charge in [0.05, 0.1) is 23.9 Å². The number of thiophene rings is 1. The molecule has 3 aromatic heterocycles. The SMILES string of the molecule is COC(=O)c1c(CSc2nncn2CCc2cccs2)nc2ccccc2c1C. The highest BCUT2D eigenvalue weighted by atomic mass is 32.2. The van der Waals surface area contributed by atoms with Crippen molar-refractivity contribution in [2.45, 2.75) is 30.8 Å². The Kier molecular flexibility index (Phi) is 5.92. The van der Waals surface area contributed by atoms with Crippen molar-refractivity contribution in [3.8, 4) is 0 Å². The molecule has 0 aliphatic heterocycles. The number of nitrogens with zero attached hydrogens (tertiary/aromatic N) is 4. The number of ether oxygens (including phenoxy) is 1. The van der Waals surface area contributed by atoms with Crippen LogP contribution in [0.4, 0.5) is 0 Å². The van der Waals surface area contributed by atoms with E-state index in [1.54, 1.807) is 17.7 Å². The fourth-order valence-electron chi connectivity index (χ4n) is 3.25. The van der Waals surface area contributed by atoms with Gasteiger partial charge >= 0.3 is 5.97 Å². The summed E-state index contributed by atoms with van der Waals surface area (Å²) in [4.78, 5) is 18.5. The van der Waals surface area contributed by atoms with Crippen LogP contribution in [-0.4, -0.2) is 32.8 Å². The van der Waals surface area contributed by atoms with E-state index in [2.05, 4.69) is 27.7 Å². The van der Waals surface area contributed by atoms with E-state index in [-0.39, 0.29) is 5.97 Å². The van der Waals surface area contributed by atoms with Gasteiger partial charge in [0.2, 0.25) is 0 Å². The van der Waals surface area contributed by atoms with E-state index < -0.39 is 0 Å². The van der Waals surface area contributed by atoms with Crippen LogP contribution in [0.5, 0.6) is 0 Å². The Labute approximate surface area is 177 Å². The Morgan fingerprint density at radius 3 is 2.90 bits per heavy atom. The van der Waals surface area contributed by atoms with Crippen LogP contribution >= 0.6 is 23.1 Å². The number of thioether (sulfide) groups is 1. The highest BCUT2D eigenvalue weighted by molar-refractivity contribution is 7.98. The fourth-order valence-corrected chi connectivity index (χ4v) is 4.83. The van der Waals surface area contributed by atoms with Crippen molar-refractivity contribution in [1.29, 1.82) is 0 Å². The van der Waals surface area contributed by atoms with Gasteiger partial charge in [-0.25, -0.2) is 4.79 Å². The average Bonchev–Trinajstić information content (AvgIpc) is 3.42. The molecular formula is C21H20N4O2S2. The maximum Gasteiger partial charge on any atom is 0.340 e. The topological polar surface area (TPSA) is 69.9 Å². The minimum absolute atomic E-state index is 0.365. The number of para-hydroxylation sites is 1. The van der Waals surface area contributed by atoms with E-state index in [0.29, 0.717) is 17.0 Å². The zero-order valence-corrected chi connectivity index (χ0v) is 17.8. The fraction of sp³-hybridized carbons (Fsp3) is 0.238. The molecule has 0 unspecified atom stereocenters. The van der Waals surface area contributed by atoms with Gasteiger partial charge in [-0.3, -0.25) is 4.98 Å². The lowest BCUT2D eigenvalue weighted by atomic mass is 10.0. The Morgan fingerprint density at radius 1 is 1.24 bits per heavy atom. The molecule has 0 bridgehead atoms. The van der Waals surface area contributed by atoms with Crippen LogP contribution in [0.1, 0.15) is 26.5 Å². The van der Waals surface area contributed by atoms with Crippen molar-refractivity contribution in [2.75, 3.05) is 7.11 Å². The number of esters is 1. The third kappa shape index (κ3) is 4.18. The van der Waals surface area contributed by atoms with E-state index in [1.807, 2.05) is 35.8 Å². The summed E-state index contributed by atoms with van der Waals surface area (Å²) in [5, 5.41) is 12.2. The largest absolute Gasteiger partial charge is 0.465 e. The molecule has 0 saturated heterocycles. The van der Waals surface area contributed by atoms with Gasteiger partial charge in [0.1, 0.15) is 6.33 Å². The number of pyridine rings is 1. The van der Waals surface area contributed by atoms with Crippen molar-refractivity contribution in [1.82, 2.24) is 19.7 Å². The van der Waals surface area contributed by atoms with E-state index >= 15 is 0 Å². The summed E-state index contributed by atoms with van der Waals surface area (Å²) in [5.74, 6) is 0.142. The van der Waals surface area contributed by atoms with E-state index in [9.17, 15) is 4.79 Å². The summed E-state index contributed by atoms with van der Waals surface area (Å²) in [6, 6.07) is 12.0. The van der Waals surface area contributed by atoms with Crippen LogP contribution < -0.4 is 0 Å². The van der Waals surface area contributed by atoms with Crippen molar-refractivity contribution in [3.63, 3.8) is 0 Å². The number of methoxy groups -OCH3 is 1. The van der Waals surface area contributed by atoms with Gasteiger partial charge in [-0.2, -0.15) is 0 Å². The second-order valence-electron chi connectivity index (χ2n) is 6.49. The molecule has 3 heterocycles. The quantitative estimate of drug-likeness (QED) is 0.321. The van der Waals surface area contributed by atoms with Crippen molar-refractivity contribution >= 4 is 40.0 Å². The molecular weight excluding hydrogens is 404 g/mol. The zero-order valence-electron chi connectivity index (χ0n) is 16.2. The van der Waals surface area contributed by atoms with Gasteiger partial charge in [-0.15, -0.1) is 21.5 Å². The molecule has 0 fully saturated rings. The minimum atomic E-state index is -0.365. The molecule has 4 rings (SSSR count). The second kappa shape index (κ2) is 8.75. The van der Waals surface area contributed by atoms with Gasteiger partial charge in [0.15, 0.2) is 5.16 Å². The summed E-state index contributed by atoms with van der Waals surface area (Å²) in [7, 11) is 1.40. The third-order valence-corrected chi connectivity index (χ3v) is 6.64. The number of carbonyl (C=O) groups is 1. The van der Waals surface area contributed by atoms with Gasteiger partial charge in [0, 0.05) is 22.6 Å². The highest BCUT2D eigenvalue weighted by Crippen LogP contribution is 2.28. The molecule has 4 aromatic rings. The zero-order chi connectivity index (χ0) is 20.2. The lowest BCUT2D eigenvalue weighted by Crippen LogP contribution is -2.11. The first-order valence-corrected chi connectivity index (χ1v) is 11.0. The summed E-state index contributed by atoms with van der Waals surface area (Å²) in [6.45, 7) is 2.75. The Bertz CT molecular complexity index is 1140. The van der Waals surface area contributed by atoms with Crippen LogP contribution in [0.25, 0.3) is 10.9 Å². The maximum atomic E-state index is 12.5. The molecule has 0 atom stereocenters. The summed E-state index contributed by atoms with van der Waals surface area (Å²) in [6.07, 6.45) is 2.68. The molecule has 0 amide bonds. The Morgan fingerprint density at radius 2 is 2.10 bits per heavy atom. The molecule has 8 heteroatoms. The van der Waals surface area contributed by atoms with Crippen molar-refractivity contribution < 1.29 is 9.53 Å². The number of aryl methyl sites for hydroxylation is 3. The predicted molar refractivity (Wildman–Crippen MR) is 115 cm³/mol. The second-order valence-corrected chi connectivity index (χ2v) is 8.47. The molecule has 29 heavy (non-hydrogen) atoms. The standard InChI is InChI=1S/C21H20N4O2S2/c1-14-16-7-3-4-8-17(16)23-18(19(14)20(26)27-2)12-29-21-24-22-13-25(21)10-9-15-6-5-11-28-15/h3-8,11,13H,9-10,12H2,1-2H3. The molecule has 0 spiro atoms. The molecule has 1 aromatic carbocycles. The number of hydrogen-bond acceptors (Lipinski definition) is 7. The van der Waals surface area contributed by atoms with Crippen molar-refractivity contribution in [2.24, 2.45) is 0 Å². The first-order chi connectivity index (χ1) is 14.2. The van der Waals surface area contributed by atoms with Crippen molar-refractivity contribution in [3.05, 3.63) is 69.8 Å². The number of fused-ring (bicyclic) bond motifs is 1. The highest BCUT2D eigenvalue weighted by Gasteiger charge is 2.20. The average molecular weight is 425 g/mol. The first kappa shape index (κ1) is 19.6. The van der Waals surface area contributed by atoms with Gasteiger partial charge in [-0.05, 0) is 36.4 Å². The first-order valence-electron chi connectivity index (χ1n) is 9.17. The number of hydrogen-bond donors (Lipinski definition) is 0. The van der Waals surface area contributed by atoms with E-state index in [0.717, 1.165) is 34.6 Å². The summed E-state index contributed by atoms with van der Waals surface area (Å²) in [5.41, 5.74) is 2.99. The number of carbonyl (C=O) groups excluding carboxylic acids is 1. The van der Waals surface area contributed by atoms with Crippen LogP contribution in [0.15, 0.2) is 53.3 Å². The van der Waals surface area contributed by atoms with Gasteiger partial charge in [0.25, 0.3) is 0 Å². The van der Waals surface area contributed by atoms with Crippen LogP contribution in [0.3, 0.4) is 0 Å². The molecule has 0 radical (unpaired) electrons. The van der Waals surface area contributed by atoms with Gasteiger partial charge < -0.3 is 9.30 Å². The third-order valence-electron chi connectivity index (χ3n) is 4.71. The predicted octanol–water partition coefficient (Wildman–Crippen LogP) is 4.52. The monoisotopic (exact) mass is 424 g/mol. The molecule has 148 valence electrons. The van der Waals surface area contributed by atoms with Crippen LogP contribution in [0, 0.1) is 6.92 Å². The molecule has 0 aliphatic rings. The van der Waals surface area contributed by atoms with Crippen LogP contribution in [-0.2, 0) is 23.5 Å². The number of benzene rings is 1. The van der Waals surface area contributed by atoms with Gasteiger partial charge in [-0.1, -0.05) is 36.0 Å². The normalized spacial score (nSPS) is 11.1. The summed E-state index contributed by atoms with van der Waals surface area (Å²) >= 11 is 3.27. The Hall–Kier alpha value is -2.71. The lowest BCUT2D eigenvalue weighted by molar-refractivity contribution is 0.0598. The smallest absolute Gasteiger partial charge is 0.340 e. The van der Waals surface area contributed by atoms with E-state index in [1.165, 1.54) is 23.7 Å². The van der Waals surface area contributed by atoms with E-state index in [4.69, 9.17) is 9.72 Å². The minimum Gasteiger partial charge on any atom is -0.465 e. The maximum absolute atomic E-state index is 12.5.